The summed E-state index contributed by atoms with van der Waals surface area (Å²) in [5.74, 6) is -0.999. The highest BCUT2D eigenvalue weighted by Crippen LogP contribution is 1.94. The SMILES string of the molecule is Cc1nn2cnnc2n(CC(=O)O)c1=O. The Morgan fingerprint density at radius 2 is 2.33 bits per heavy atom. The first-order valence-electron chi connectivity index (χ1n) is 4.09. The van der Waals surface area contributed by atoms with Crippen molar-refractivity contribution in [3.63, 3.8) is 0 Å². The van der Waals surface area contributed by atoms with Gasteiger partial charge >= 0.3 is 5.97 Å². The number of aliphatic carboxylic acids is 1. The molecule has 0 unspecified atom stereocenters. The number of aryl methyl sites for hydroxylation is 1. The van der Waals surface area contributed by atoms with E-state index in [2.05, 4.69) is 15.3 Å². The summed E-state index contributed by atoms with van der Waals surface area (Å²) in [6.45, 7) is 1.05. The van der Waals surface area contributed by atoms with Crippen LogP contribution < -0.4 is 5.56 Å². The number of nitrogens with zero attached hydrogens (tertiary/aromatic N) is 5. The van der Waals surface area contributed by atoms with Crippen molar-refractivity contribution < 1.29 is 9.90 Å². The topological polar surface area (TPSA) is 102 Å². The minimum absolute atomic E-state index is 0.119. The summed E-state index contributed by atoms with van der Waals surface area (Å²) in [7, 11) is 0. The van der Waals surface area contributed by atoms with Crippen LogP contribution in [0, 0.1) is 6.92 Å². The lowest BCUT2D eigenvalue weighted by Crippen LogP contribution is -2.29. The van der Waals surface area contributed by atoms with Crippen molar-refractivity contribution in [2.75, 3.05) is 0 Å². The zero-order valence-electron chi connectivity index (χ0n) is 7.78. The predicted molar refractivity (Wildman–Crippen MR) is 47.4 cm³/mol. The van der Waals surface area contributed by atoms with E-state index in [4.69, 9.17) is 5.11 Å². The van der Waals surface area contributed by atoms with Crippen molar-refractivity contribution in [1.29, 1.82) is 0 Å². The molecule has 0 spiro atoms. The molecule has 0 amide bonds. The predicted octanol–water partition coefficient (Wildman–Crippen LogP) is -1.32. The number of carbonyl (C=O) groups is 1. The third-order valence-corrected chi connectivity index (χ3v) is 1.86. The molecule has 2 aromatic heterocycles. The lowest BCUT2D eigenvalue weighted by atomic mass is 10.5. The maximum Gasteiger partial charge on any atom is 0.323 e. The normalized spacial score (nSPS) is 10.7. The quantitative estimate of drug-likeness (QED) is 0.658. The van der Waals surface area contributed by atoms with Crippen LogP contribution in [0.15, 0.2) is 11.1 Å². The fourth-order valence-electron chi connectivity index (χ4n) is 1.24. The van der Waals surface area contributed by atoms with E-state index in [9.17, 15) is 9.59 Å². The van der Waals surface area contributed by atoms with Gasteiger partial charge in [-0.1, -0.05) is 0 Å². The molecule has 8 nitrogen and oxygen atoms in total. The van der Waals surface area contributed by atoms with Crippen LogP contribution in [0.5, 0.6) is 0 Å². The van der Waals surface area contributed by atoms with Crippen LogP contribution in [0.25, 0.3) is 5.78 Å². The van der Waals surface area contributed by atoms with Gasteiger partial charge in [-0.3, -0.25) is 14.2 Å². The molecule has 0 saturated heterocycles. The van der Waals surface area contributed by atoms with Crippen LogP contribution in [0.2, 0.25) is 0 Å². The van der Waals surface area contributed by atoms with Gasteiger partial charge in [0.05, 0.1) is 0 Å². The van der Waals surface area contributed by atoms with Crippen LogP contribution in [0.4, 0.5) is 0 Å². The highest BCUT2D eigenvalue weighted by molar-refractivity contribution is 5.67. The molecule has 0 fully saturated rings. The van der Waals surface area contributed by atoms with Crippen LogP contribution in [-0.4, -0.2) is 35.5 Å². The Morgan fingerprint density at radius 1 is 1.60 bits per heavy atom. The molecule has 78 valence electrons. The van der Waals surface area contributed by atoms with Gasteiger partial charge in [-0.05, 0) is 6.92 Å². The van der Waals surface area contributed by atoms with E-state index in [0.717, 1.165) is 4.57 Å². The summed E-state index contributed by atoms with van der Waals surface area (Å²) in [5.41, 5.74) is -0.276. The molecular weight excluding hydrogens is 202 g/mol. The zero-order valence-corrected chi connectivity index (χ0v) is 7.78. The number of hydrogen-bond acceptors (Lipinski definition) is 5. The van der Waals surface area contributed by atoms with Crippen molar-refractivity contribution in [3.05, 3.63) is 22.4 Å². The standard InChI is InChI=1S/C7H7N5O3/c1-4-6(15)11(2-5(13)14)7-9-8-3-12(7)10-4/h3H,2H2,1H3,(H,13,14). The summed E-state index contributed by atoms with van der Waals surface area (Å²) >= 11 is 0. The first-order valence-corrected chi connectivity index (χ1v) is 4.09. The van der Waals surface area contributed by atoms with Crippen molar-refractivity contribution in [3.8, 4) is 0 Å². The molecule has 0 aliphatic rings. The smallest absolute Gasteiger partial charge is 0.323 e. The molecule has 0 aromatic carbocycles. The van der Waals surface area contributed by atoms with Crippen molar-refractivity contribution in [2.24, 2.45) is 0 Å². The van der Waals surface area contributed by atoms with Gasteiger partial charge < -0.3 is 5.11 Å². The third-order valence-electron chi connectivity index (χ3n) is 1.86. The van der Waals surface area contributed by atoms with Crippen LogP contribution in [0.1, 0.15) is 5.69 Å². The van der Waals surface area contributed by atoms with Gasteiger partial charge in [0.1, 0.15) is 18.6 Å². The molecule has 0 atom stereocenters. The van der Waals surface area contributed by atoms with Gasteiger partial charge in [0, 0.05) is 0 Å². The van der Waals surface area contributed by atoms with Crippen LogP contribution in [0.3, 0.4) is 0 Å². The van der Waals surface area contributed by atoms with Gasteiger partial charge in [0.25, 0.3) is 11.3 Å². The summed E-state index contributed by atoms with van der Waals surface area (Å²) in [6.07, 6.45) is 1.31. The number of aromatic nitrogens is 5. The summed E-state index contributed by atoms with van der Waals surface area (Å²) in [4.78, 5) is 22.1. The third kappa shape index (κ3) is 1.45. The molecule has 15 heavy (non-hydrogen) atoms. The first kappa shape index (κ1) is 9.31. The minimum atomic E-state index is -1.12. The Kier molecular flexibility index (Phi) is 1.96. The van der Waals surface area contributed by atoms with E-state index in [0.29, 0.717) is 0 Å². The molecule has 2 rings (SSSR count). The van der Waals surface area contributed by atoms with E-state index >= 15 is 0 Å². The number of fused-ring (bicyclic) bond motifs is 1. The van der Waals surface area contributed by atoms with Gasteiger partial charge in [-0.15, -0.1) is 10.2 Å². The maximum atomic E-state index is 11.6. The average Bonchev–Trinajstić information content (AvgIpc) is 2.59. The average molecular weight is 209 g/mol. The Balaban J connectivity index is 2.77. The van der Waals surface area contributed by atoms with Crippen LogP contribution >= 0.6 is 0 Å². The van der Waals surface area contributed by atoms with E-state index in [-0.39, 0.29) is 11.5 Å². The summed E-state index contributed by atoms with van der Waals surface area (Å²) < 4.78 is 2.28. The van der Waals surface area contributed by atoms with Gasteiger partial charge in [-0.2, -0.15) is 9.61 Å². The molecule has 8 heteroatoms. The second-order valence-electron chi connectivity index (χ2n) is 2.95. The molecule has 0 aliphatic carbocycles. The maximum absolute atomic E-state index is 11.6. The van der Waals surface area contributed by atoms with Crippen molar-refractivity contribution in [2.45, 2.75) is 13.5 Å². The Morgan fingerprint density at radius 3 is 3.00 bits per heavy atom. The monoisotopic (exact) mass is 209 g/mol. The molecule has 2 heterocycles. The van der Waals surface area contributed by atoms with E-state index in [1.54, 1.807) is 0 Å². The van der Waals surface area contributed by atoms with Crippen molar-refractivity contribution in [1.82, 2.24) is 24.4 Å². The van der Waals surface area contributed by atoms with E-state index in [1.807, 2.05) is 0 Å². The van der Waals surface area contributed by atoms with Crippen LogP contribution in [-0.2, 0) is 11.3 Å². The number of carboxylic acids is 1. The first-order chi connectivity index (χ1) is 7.09. The molecule has 0 saturated carbocycles. The summed E-state index contributed by atoms with van der Waals surface area (Å²) in [5, 5.41) is 19.7. The number of hydrogen-bond donors (Lipinski definition) is 1. The zero-order chi connectivity index (χ0) is 11.0. The fraction of sp³-hybridized carbons (Fsp3) is 0.286. The van der Waals surface area contributed by atoms with Crippen molar-refractivity contribution >= 4 is 11.7 Å². The number of carboxylic acid groups (broad SMARTS) is 1. The van der Waals surface area contributed by atoms with E-state index in [1.165, 1.54) is 17.8 Å². The fourth-order valence-corrected chi connectivity index (χ4v) is 1.24. The largest absolute Gasteiger partial charge is 0.480 e. The molecule has 0 bridgehead atoms. The molecule has 2 aromatic rings. The Labute approximate surface area is 82.8 Å². The van der Waals surface area contributed by atoms with Gasteiger partial charge in [0.15, 0.2) is 0 Å². The highest BCUT2D eigenvalue weighted by Gasteiger charge is 2.11. The molecule has 0 aliphatic heterocycles. The molecule has 0 radical (unpaired) electrons. The van der Waals surface area contributed by atoms with Gasteiger partial charge in [0.2, 0.25) is 0 Å². The number of rotatable bonds is 2. The second kappa shape index (κ2) is 3.15. The molecular formula is C7H7N5O3. The molecule has 1 N–H and O–H groups in total. The Hall–Kier alpha value is -2.25. The lowest BCUT2D eigenvalue weighted by molar-refractivity contribution is -0.137. The summed E-state index contributed by atoms with van der Waals surface area (Å²) in [6, 6.07) is 0. The second-order valence-corrected chi connectivity index (χ2v) is 2.95. The highest BCUT2D eigenvalue weighted by atomic mass is 16.4. The van der Waals surface area contributed by atoms with Gasteiger partial charge in [-0.25, -0.2) is 0 Å². The Bertz CT molecular complexity index is 584. The van der Waals surface area contributed by atoms with E-state index < -0.39 is 18.1 Å². The minimum Gasteiger partial charge on any atom is -0.480 e. The lowest BCUT2D eigenvalue weighted by Gasteiger charge is -2.03.